The van der Waals surface area contributed by atoms with Crippen molar-refractivity contribution in [1.29, 1.82) is 0 Å². The highest BCUT2D eigenvalue weighted by Gasteiger charge is 2.26. The van der Waals surface area contributed by atoms with E-state index in [1.54, 1.807) is 17.4 Å². The van der Waals surface area contributed by atoms with Gasteiger partial charge in [-0.05, 0) is 30.7 Å². The Hall–Kier alpha value is -2.75. The maximum atomic E-state index is 10.6. The summed E-state index contributed by atoms with van der Waals surface area (Å²) < 4.78 is 0. The predicted molar refractivity (Wildman–Crippen MR) is 81.9 cm³/mol. The lowest BCUT2D eigenvalue weighted by Gasteiger charge is -2.30. The molecule has 104 valence electrons. The van der Waals surface area contributed by atoms with Gasteiger partial charge in [-0.3, -0.25) is 14.8 Å². The molecular formula is C17H15N3O. The first-order chi connectivity index (χ1) is 10.3. The van der Waals surface area contributed by atoms with Crippen LogP contribution in [0.2, 0.25) is 0 Å². The first-order valence-electron chi connectivity index (χ1n) is 6.76. The number of hydrazone groups is 1. The Kier molecular flexibility index (Phi) is 3.60. The summed E-state index contributed by atoms with van der Waals surface area (Å²) in [5, 5.41) is 6.18. The summed E-state index contributed by atoms with van der Waals surface area (Å²) >= 11 is 0. The van der Waals surface area contributed by atoms with E-state index >= 15 is 0 Å². The minimum Gasteiger partial charge on any atom is -0.299 e. The molecule has 1 aromatic carbocycles. The fourth-order valence-corrected chi connectivity index (χ4v) is 2.47. The summed E-state index contributed by atoms with van der Waals surface area (Å²) in [6.07, 6.45) is 5.66. The van der Waals surface area contributed by atoms with E-state index in [-0.39, 0.29) is 6.04 Å². The highest BCUT2D eigenvalue weighted by atomic mass is 16.1. The third-order valence-corrected chi connectivity index (χ3v) is 3.39. The van der Waals surface area contributed by atoms with Crippen LogP contribution in [0, 0.1) is 6.92 Å². The number of fused-ring (bicyclic) bond motifs is 1. The van der Waals surface area contributed by atoms with Crippen LogP contribution in [-0.2, 0) is 4.79 Å². The van der Waals surface area contributed by atoms with E-state index in [1.165, 1.54) is 6.08 Å². The van der Waals surface area contributed by atoms with Gasteiger partial charge in [0.1, 0.15) is 12.3 Å². The number of benzene rings is 1. The molecule has 0 fully saturated rings. The second kappa shape index (κ2) is 5.71. The number of carbonyl (C=O) groups is 1. The number of nitrogens with zero attached hydrogens (tertiary/aromatic N) is 3. The molecule has 21 heavy (non-hydrogen) atoms. The van der Waals surface area contributed by atoms with Crippen LogP contribution in [0.15, 0.2) is 59.8 Å². The molecule has 4 nitrogen and oxygen atoms in total. The molecule has 4 heteroatoms. The van der Waals surface area contributed by atoms with Crippen LogP contribution >= 0.6 is 0 Å². The van der Waals surface area contributed by atoms with Crippen molar-refractivity contribution in [2.75, 3.05) is 0 Å². The van der Waals surface area contributed by atoms with Crippen LogP contribution in [0.4, 0.5) is 0 Å². The number of allylic oxidation sites excluding steroid dienone is 1. The summed E-state index contributed by atoms with van der Waals surface area (Å²) in [7, 11) is 0. The van der Waals surface area contributed by atoms with Gasteiger partial charge in [0.2, 0.25) is 0 Å². The molecule has 1 aromatic heterocycles. The first-order valence-corrected chi connectivity index (χ1v) is 6.76. The molecule has 1 aliphatic heterocycles. The third kappa shape index (κ3) is 2.60. The maximum absolute atomic E-state index is 10.6. The molecule has 0 N–H and O–H groups in total. The Morgan fingerprint density at radius 3 is 2.81 bits per heavy atom. The van der Waals surface area contributed by atoms with E-state index in [9.17, 15) is 4.79 Å². The van der Waals surface area contributed by atoms with Crippen molar-refractivity contribution in [2.24, 2.45) is 5.10 Å². The van der Waals surface area contributed by atoms with Gasteiger partial charge in [0.05, 0.1) is 11.9 Å². The molecule has 0 saturated heterocycles. The van der Waals surface area contributed by atoms with Gasteiger partial charge in [0, 0.05) is 17.5 Å². The summed E-state index contributed by atoms with van der Waals surface area (Å²) in [4.78, 5) is 15.2. The molecule has 0 amide bonds. The molecule has 0 bridgehead atoms. The minimum absolute atomic E-state index is 0.123. The Bertz CT molecular complexity index is 721. The topological polar surface area (TPSA) is 45.6 Å². The summed E-state index contributed by atoms with van der Waals surface area (Å²) in [6, 6.07) is 13.9. The van der Waals surface area contributed by atoms with Crippen molar-refractivity contribution in [3.05, 3.63) is 77.3 Å². The van der Waals surface area contributed by atoms with Crippen molar-refractivity contribution in [3.63, 3.8) is 0 Å². The number of aromatic nitrogens is 1. The van der Waals surface area contributed by atoms with Crippen molar-refractivity contribution in [3.8, 4) is 0 Å². The van der Waals surface area contributed by atoms with Gasteiger partial charge >= 0.3 is 0 Å². The lowest BCUT2D eigenvalue weighted by Crippen LogP contribution is -2.25. The van der Waals surface area contributed by atoms with Crippen LogP contribution in [0.5, 0.6) is 0 Å². The lowest BCUT2D eigenvalue weighted by molar-refractivity contribution is -0.104. The number of hydrogen-bond donors (Lipinski definition) is 0. The second-order valence-corrected chi connectivity index (χ2v) is 4.84. The van der Waals surface area contributed by atoms with Crippen molar-refractivity contribution >= 4 is 12.5 Å². The number of aryl methyl sites for hydroxylation is 1. The van der Waals surface area contributed by atoms with Crippen molar-refractivity contribution in [1.82, 2.24) is 9.99 Å². The van der Waals surface area contributed by atoms with Gasteiger partial charge in [-0.25, -0.2) is 0 Å². The zero-order valence-corrected chi connectivity index (χ0v) is 11.7. The fraction of sp³-hybridized carbons (Fsp3) is 0.118. The third-order valence-electron chi connectivity index (χ3n) is 3.39. The number of carbonyl (C=O) groups excluding carboxylic acids is 1. The summed E-state index contributed by atoms with van der Waals surface area (Å²) in [5.41, 5.74) is 4.07. The number of pyridine rings is 1. The van der Waals surface area contributed by atoms with E-state index in [4.69, 9.17) is 0 Å². The van der Waals surface area contributed by atoms with Crippen LogP contribution in [0.1, 0.15) is 28.6 Å². The quantitative estimate of drug-likeness (QED) is 0.640. The Balaban J connectivity index is 2.12. The molecule has 0 aliphatic carbocycles. The smallest absolute Gasteiger partial charge is 0.144 e. The average Bonchev–Trinajstić information content (AvgIpc) is 2.52. The molecule has 1 unspecified atom stereocenters. The van der Waals surface area contributed by atoms with Gasteiger partial charge in [0.25, 0.3) is 0 Å². The van der Waals surface area contributed by atoms with E-state index in [0.717, 1.165) is 28.8 Å². The van der Waals surface area contributed by atoms with E-state index in [1.807, 2.05) is 43.3 Å². The zero-order valence-electron chi connectivity index (χ0n) is 11.7. The second-order valence-electron chi connectivity index (χ2n) is 4.84. The van der Waals surface area contributed by atoms with Crippen LogP contribution in [0.3, 0.4) is 0 Å². The van der Waals surface area contributed by atoms with Crippen LogP contribution < -0.4 is 0 Å². The van der Waals surface area contributed by atoms with Gasteiger partial charge < -0.3 is 0 Å². The highest BCUT2D eigenvalue weighted by molar-refractivity contribution is 5.83. The standard InChI is InChI=1S/C17H15N3O/c1-13-6-4-9-16(19-13)17-15-8-3-2-7-14(15)12-18-20(17)10-5-11-21/h2-12,17H,1H3. The molecule has 2 aromatic rings. The van der Waals surface area contributed by atoms with Crippen LogP contribution in [-0.4, -0.2) is 22.5 Å². The lowest BCUT2D eigenvalue weighted by atomic mass is 9.96. The fourth-order valence-electron chi connectivity index (χ4n) is 2.47. The van der Waals surface area contributed by atoms with Crippen molar-refractivity contribution in [2.45, 2.75) is 13.0 Å². The number of aldehydes is 1. The highest BCUT2D eigenvalue weighted by Crippen LogP contribution is 2.32. The first kappa shape index (κ1) is 13.2. The monoisotopic (exact) mass is 277 g/mol. The molecule has 0 spiro atoms. The van der Waals surface area contributed by atoms with Crippen molar-refractivity contribution < 1.29 is 4.79 Å². The molecule has 1 aliphatic rings. The van der Waals surface area contributed by atoms with Gasteiger partial charge in [-0.1, -0.05) is 30.3 Å². The van der Waals surface area contributed by atoms with Gasteiger partial charge in [-0.2, -0.15) is 5.10 Å². The molecule has 0 radical (unpaired) electrons. The van der Waals surface area contributed by atoms with Gasteiger partial charge in [0.15, 0.2) is 0 Å². The Morgan fingerprint density at radius 2 is 2.00 bits per heavy atom. The molecule has 3 rings (SSSR count). The normalized spacial score (nSPS) is 17.0. The van der Waals surface area contributed by atoms with Gasteiger partial charge in [-0.15, -0.1) is 0 Å². The zero-order chi connectivity index (χ0) is 14.7. The molecule has 1 atom stereocenters. The number of hydrogen-bond acceptors (Lipinski definition) is 4. The minimum atomic E-state index is -0.123. The SMILES string of the molecule is Cc1cccc(C2c3ccccc3C=NN2C=CC=O)n1. The number of rotatable bonds is 3. The summed E-state index contributed by atoms with van der Waals surface area (Å²) in [6.45, 7) is 1.97. The van der Waals surface area contributed by atoms with E-state index in [2.05, 4.69) is 16.2 Å². The molecular weight excluding hydrogens is 262 g/mol. The molecule has 0 saturated carbocycles. The Labute approximate surface area is 123 Å². The average molecular weight is 277 g/mol. The Morgan fingerprint density at radius 1 is 1.14 bits per heavy atom. The maximum Gasteiger partial charge on any atom is 0.144 e. The van der Waals surface area contributed by atoms with Crippen LogP contribution in [0.25, 0.3) is 0 Å². The predicted octanol–water partition coefficient (Wildman–Crippen LogP) is 2.84. The summed E-state index contributed by atoms with van der Waals surface area (Å²) in [5.74, 6) is 0. The largest absolute Gasteiger partial charge is 0.299 e. The van der Waals surface area contributed by atoms with E-state index in [0.29, 0.717) is 0 Å². The van der Waals surface area contributed by atoms with E-state index < -0.39 is 0 Å². The molecule has 2 heterocycles.